The van der Waals surface area contributed by atoms with Gasteiger partial charge in [-0.3, -0.25) is 0 Å². The summed E-state index contributed by atoms with van der Waals surface area (Å²) in [6.45, 7) is 0.633. The van der Waals surface area contributed by atoms with E-state index >= 15 is 0 Å². The maximum absolute atomic E-state index is 5.81. The molecule has 0 amide bonds. The molecule has 2 atom stereocenters. The van der Waals surface area contributed by atoms with Crippen molar-refractivity contribution < 1.29 is 4.74 Å². The molecule has 0 aliphatic heterocycles. The van der Waals surface area contributed by atoms with Gasteiger partial charge in [0.1, 0.15) is 0 Å². The van der Waals surface area contributed by atoms with Crippen LogP contribution in [0.4, 0.5) is 0 Å². The molecular weight excluding hydrogens is 194 g/mol. The zero-order valence-corrected chi connectivity index (χ0v) is 8.09. The predicted octanol–water partition coefficient (Wildman–Crippen LogP) is 2.48. The Morgan fingerprint density at radius 3 is 2.30 bits per heavy atom. The van der Waals surface area contributed by atoms with E-state index in [0.717, 1.165) is 6.42 Å². The first-order chi connectivity index (χ1) is 4.72. The molecule has 62 valence electrons. The van der Waals surface area contributed by atoms with Gasteiger partial charge in [-0.15, -0.1) is 34.8 Å². The molecule has 0 bridgehead atoms. The lowest BCUT2D eigenvalue weighted by Crippen LogP contribution is -2.18. The van der Waals surface area contributed by atoms with Crippen LogP contribution in [0.3, 0.4) is 0 Å². The Morgan fingerprint density at radius 2 is 1.90 bits per heavy atom. The van der Waals surface area contributed by atoms with E-state index in [0.29, 0.717) is 12.5 Å². The first-order valence-corrected chi connectivity index (χ1v) is 4.46. The maximum atomic E-state index is 5.81. The van der Waals surface area contributed by atoms with Crippen molar-refractivity contribution in [3.05, 3.63) is 0 Å². The highest BCUT2D eigenvalue weighted by molar-refractivity contribution is 6.33. The Balaban J connectivity index is 3.31. The smallest absolute Gasteiger partial charge is 0.0635 e. The lowest BCUT2D eigenvalue weighted by molar-refractivity contribution is 0.194. The first kappa shape index (κ1) is 10.8. The molecule has 2 unspecified atom stereocenters. The van der Waals surface area contributed by atoms with Crippen molar-refractivity contribution in [1.82, 2.24) is 0 Å². The molecule has 0 aromatic heterocycles. The van der Waals surface area contributed by atoms with Crippen molar-refractivity contribution >= 4 is 34.8 Å². The van der Waals surface area contributed by atoms with Gasteiger partial charge in [-0.25, -0.2) is 0 Å². The molecule has 0 aromatic carbocycles. The van der Waals surface area contributed by atoms with Crippen LogP contribution in [0, 0.1) is 0 Å². The van der Waals surface area contributed by atoms with E-state index in [4.69, 9.17) is 39.5 Å². The highest BCUT2D eigenvalue weighted by atomic mass is 35.5. The number of rotatable bonds is 5. The predicted molar refractivity (Wildman–Crippen MR) is 46.5 cm³/mol. The summed E-state index contributed by atoms with van der Waals surface area (Å²) in [7, 11) is 1.63. The van der Waals surface area contributed by atoms with Crippen LogP contribution < -0.4 is 0 Å². The topological polar surface area (TPSA) is 9.23 Å². The summed E-state index contributed by atoms with van der Waals surface area (Å²) >= 11 is 17.0. The lowest BCUT2D eigenvalue weighted by Gasteiger charge is -2.11. The molecule has 0 saturated carbocycles. The first-order valence-electron chi connectivity index (χ1n) is 3.05. The van der Waals surface area contributed by atoms with Gasteiger partial charge in [-0.05, 0) is 6.42 Å². The number of hydrogen-bond acceptors (Lipinski definition) is 1. The normalized spacial score (nSPS) is 16.8. The molecule has 1 nitrogen and oxygen atoms in total. The van der Waals surface area contributed by atoms with Gasteiger partial charge in [0.2, 0.25) is 0 Å². The van der Waals surface area contributed by atoms with Crippen LogP contribution in [0.25, 0.3) is 0 Å². The molecule has 0 N–H and O–H groups in total. The van der Waals surface area contributed by atoms with Crippen LogP contribution in [0.5, 0.6) is 0 Å². The Morgan fingerprint density at radius 1 is 1.30 bits per heavy atom. The fourth-order valence-electron chi connectivity index (χ4n) is 0.508. The van der Waals surface area contributed by atoms with Crippen LogP contribution in [-0.2, 0) is 4.74 Å². The van der Waals surface area contributed by atoms with Crippen molar-refractivity contribution in [3.63, 3.8) is 0 Å². The van der Waals surface area contributed by atoms with Gasteiger partial charge < -0.3 is 4.74 Å². The van der Waals surface area contributed by atoms with Crippen LogP contribution in [-0.4, -0.2) is 30.4 Å². The highest BCUT2D eigenvalue weighted by Crippen LogP contribution is 2.14. The third-order valence-corrected chi connectivity index (χ3v) is 2.74. The summed E-state index contributed by atoms with van der Waals surface area (Å²) in [5, 5.41) is -0.238. The van der Waals surface area contributed by atoms with Gasteiger partial charge in [0.05, 0.1) is 10.8 Å². The quantitative estimate of drug-likeness (QED) is 0.627. The molecule has 0 fully saturated rings. The molecule has 0 saturated heterocycles. The van der Waals surface area contributed by atoms with Crippen molar-refractivity contribution in [2.75, 3.05) is 19.6 Å². The van der Waals surface area contributed by atoms with Gasteiger partial charge in [-0.2, -0.15) is 0 Å². The van der Waals surface area contributed by atoms with Crippen LogP contribution >= 0.6 is 34.8 Å². The summed E-state index contributed by atoms with van der Waals surface area (Å²) in [5.74, 6) is 0.388. The van der Waals surface area contributed by atoms with E-state index in [9.17, 15) is 0 Å². The highest BCUT2D eigenvalue weighted by Gasteiger charge is 2.14. The molecule has 0 rings (SSSR count). The summed E-state index contributed by atoms with van der Waals surface area (Å²) in [6.07, 6.45) is 0.749. The molecule has 4 heteroatoms. The molecule has 0 spiro atoms. The Kier molecular flexibility index (Phi) is 7.08. The number of hydrogen-bond donors (Lipinski definition) is 0. The van der Waals surface area contributed by atoms with E-state index in [1.807, 2.05) is 0 Å². The van der Waals surface area contributed by atoms with Gasteiger partial charge in [0, 0.05) is 19.6 Å². The van der Waals surface area contributed by atoms with Gasteiger partial charge in [0.25, 0.3) is 0 Å². The average Bonchev–Trinajstić information content (AvgIpc) is 1.98. The van der Waals surface area contributed by atoms with E-state index in [1.54, 1.807) is 7.11 Å². The zero-order chi connectivity index (χ0) is 7.98. The number of halogens is 3. The standard InChI is InChI=1S/C6H11Cl3O/c1-10-3-2-5(8)6(9)4-7/h5-6H,2-4H2,1H3. The molecule has 10 heavy (non-hydrogen) atoms. The van der Waals surface area contributed by atoms with Crippen LogP contribution in [0.1, 0.15) is 6.42 Å². The molecule has 0 aliphatic carbocycles. The van der Waals surface area contributed by atoms with Gasteiger partial charge in [-0.1, -0.05) is 0 Å². The van der Waals surface area contributed by atoms with Crippen molar-refractivity contribution in [3.8, 4) is 0 Å². The van der Waals surface area contributed by atoms with E-state index in [2.05, 4.69) is 0 Å². The average molecular weight is 206 g/mol. The minimum atomic E-state index is -0.154. The number of methoxy groups -OCH3 is 1. The summed E-state index contributed by atoms with van der Waals surface area (Å²) in [5.41, 5.74) is 0. The Hall–Kier alpha value is 0.830. The van der Waals surface area contributed by atoms with Crippen LogP contribution in [0.15, 0.2) is 0 Å². The fourth-order valence-corrected chi connectivity index (χ4v) is 1.12. The molecule has 0 heterocycles. The monoisotopic (exact) mass is 204 g/mol. The zero-order valence-electron chi connectivity index (χ0n) is 5.82. The Bertz CT molecular complexity index is 79.4. The summed E-state index contributed by atoms with van der Waals surface area (Å²) in [6, 6.07) is 0. The van der Waals surface area contributed by atoms with Crippen molar-refractivity contribution in [1.29, 1.82) is 0 Å². The summed E-state index contributed by atoms with van der Waals surface area (Å²) < 4.78 is 4.82. The van der Waals surface area contributed by atoms with Gasteiger partial charge >= 0.3 is 0 Å². The van der Waals surface area contributed by atoms with Crippen molar-refractivity contribution in [2.45, 2.75) is 17.2 Å². The van der Waals surface area contributed by atoms with Crippen molar-refractivity contribution in [2.24, 2.45) is 0 Å². The maximum Gasteiger partial charge on any atom is 0.0635 e. The van der Waals surface area contributed by atoms with E-state index in [-0.39, 0.29) is 10.8 Å². The minimum absolute atomic E-state index is 0.0842. The van der Waals surface area contributed by atoms with Crippen LogP contribution in [0.2, 0.25) is 0 Å². The molecule has 0 aromatic rings. The van der Waals surface area contributed by atoms with E-state index in [1.165, 1.54) is 0 Å². The van der Waals surface area contributed by atoms with Gasteiger partial charge in [0.15, 0.2) is 0 Å². The largest absolute Gasteiger partial charge is 0.385 e. The number of alkyl halides is 3. The Labute approximate surface area is 76.6 Å². The number of ether oxygens (including phenoxy) is 1. The lowest BCUT2D eigenvalue weighted by atomic mass is 10.2. The third kappa shape index (κ3) is 4.62. The second-order valence-electron chi connectivity index (χ2n) is 1.97. The third-order valence-electron chi connectivity index (χ3n) is 1.14. The molecule has 0 aliphatic rings. The summed E-state index contributed by atoms with van der Waals surface area (Å²) in [4.78, 5) is 0. The minimum Gasteiger partial charge on any atom is -0.385 e. The second kappa shape index (κ2) is 6.53. The van der Waals surface area contributed by atoms with E-state index < -0.39 is 0 Å². The SMILES string of the molecule is COCCC(Cl)C(Cl)CCl. The molecular formula is C6H11Cl3O. The second-order valence-corrected chi connectivity index (χ2v) is 3.40. The molecule has 0 radical (unpaired) electrons. The fraction of sp³-hybridized carbons (Fsp3) is 1.00.